The number of benzene rings is 3. The smallest absolute Gasteiger partial charge is 0.199 e. The monoisotopic (exact) mass is 456 g/mol. The zero-order valence-electron chi connectivity index (χ0n) is 20.3. The summed E-state index contributed by atoms with van der Waals surface area (Å²) in [6, 6.07) is 29.6. The quantitative estimate of drug-likeness (QED) is 0.184. The molecule has 0 unspecified atom stereocenters. The van der Waals surface area contributed by atoms with Crippen LogP contribution in [0.25, 0.3) is 0 Å². The zero-order valence-corrected chi connectivity index (χ0v) is 21.8. The Labute approximate surface area is 212 Å². The van der Waals surface area contributed by atoms with Crippen LogP contribution in [0.2, 0.25) is 0 Å². The molecule has 4 rings (SSSR count). The molecule has 1 heteroatoms. The van der Waals surface area contributed by atoms with Crippen LogP contribution in [-0.2, 0) is 21.7 Å². The predicted molar refractivity (Wildman–Crippen MR) is 138 cm³/mol. The van der Waals surface area contributed by atoms with E-state index in [1.54, 1.807) is 0 Å². The molecule has 0 saturated carbocycles. The van der Waals surface area contributed by atoms with Gasteiger partial charge in [0.1, 0.15) is 0 Å². The summed E-state index contributed by atoms with van der Waals surface area (Å²) in [6.07, 6.45) is 0. The Bertz CT molecular complexity index is 812. The maximum atomic E-state index is 3.72. The van der Waals surface area contributed by atoms with Crippen LogP contribution in [0.3, 0.4) is 0 Å². The molecule has 0 aliphatic rings. The molecule has 0 aliphatic heterocycles. The molecule has 0 bridgehead atoms. The first-order valence-electron chi connectivity index (χ1n) is 10.5. The molecule has 0 radical (unpaired) electrons. The summed E-state index contributed by atoms with van der Waals surface area (Å²) >= 11 is 0. The maximum Gasteiger partial charge on any atom is 4.00 e. The van der Waals surface area contributed by atoms with Gasteiger partial charge in [0.05, 0.1) is 0 Å². The predicted octanol–water partition coefficient (Wildman–Crippen LogP) is 8.55. The van der Waals surface area contributed by atoms with Crippen LogP contribution in [-0.4, -0.2) is 0 Å². The Balaban J connectivity index is 0.000000401. The molecule has 164 valence electrons. The molecule has 0 heterocycles. The summed E-state index contributed by atoms with van der Waals surface area (Å²) < 4.78 is 0. The maximum absolute atomic E-state index is 3.72. The van der Waals surface area contributed by atoms with Crippen LogP contribution in [0, 0.1) is 55.4 Å². The summed E-state index contributed by atoms with van der Waals surface area (Å²) in [5, 5.41) is 0. The molecule has 0 fully saturated rings. The molecule has 0 N–H and O–H groups in total. The number of hydrogen-bond donors (Lipinski definition) is 0. The molecular formula is C31H36Ti. The second kappa shape index (κ2) is 16.0. The van der Waals surface area contributed by atoms with E-state index in [4.69, 9.17) is 0 Å². The van der Waals surface area contributed by atoms with Gasteiger partial charge in [-0.3, -0.25) is 0 Å². The third kappa shape index (κ3) is 11.1. The van der Waals surface area contributed by atoms with Gasteiger partial charge in [0.15, 0.2) is 0 Å². The van der Waals surface area contributed by atoms with E-state index in [9.17, 15) is 0 Å². The Morgan fingerprint density at radius 1 is 0.469 bits per heavy atom. The first-order chi connectivity index (χ1) is 14.7. The third-order valence-electron chi connectivity index (χ3n) is 5.34. The fourth-order valence-electron chi connectivity index (χ4n) is 2.84. The molecule has 0 atom stereocenters. The van der Waals surface area contributed by atoms with Crippen molar-refractivity contribution in [2.24, 2.45) is 0 Å². The van der Waals surface area contributed by atoms with Crippen LogP contribution < -0.4 is 0 Å². The minimum absolute atomic E-state index is 0. The van der Waals surface area contributed by atoms with Gasteiger partial charge in [-0.05, 0) is 0 Å². The normalized spacial score (nSPS) is 8.91. The topological polar surface area (TPSA) is 0 Å². The fourth-order valence-corrected chi connectivity index (χ4v) is 2.84. The molecular weight excluding hydrogens is 420 g/mol. The van der Waals surface area contributed by atoms with E-state index in [1.807, 2.05) is 91.0 Å². The fraction of sp³-hybridized carbons (Fsp3) is 0.161. The van der Waals surface area contributed by atoms with Crippen LogP contribution >= 0.6 is 0 Å². The molecule has 4 aromatic carbocycles. The van der Waals surface area contributed by atoms with E-state index < -0.39 is 0 Å². The largest absolute Gasteiger partial charge is 4.00 e. The average molecular weight is 456 g/mol. The van der Waals surface area contributed by atoms with Crippen molar-refractivity contribution in [3.05, 3.63) is 156 Å². The standard InChI is InChI=1S/C10H15.3C7H7.Ti/c1-6-7(2)9(4)10(5)8(6)3;3*1-7-5-3-2-4-6-7;/h1-5H3;3*2-6H,1H2;/q4*-1;+4. The summed E-state index contributed by atoms with van der Waals surface area (Å²) in [7, 11) is 0. The van der Waals surface area contributed by atoms with Crippen LogP contribution in [0.5, 0.6) is 0 Å². The van der Waals surface area contributed by atoms with Crippen molar-refractivity contribution in [1.29, 1.82) is 0 Å². The Morgan fingerprint density at radius 2 is 0.688 bits per heavy atom. The van der Waals surface area contributed by atoms with Crippen LogP contribution in [0.1, 0.15) is 44.5 Å². The summed E-state index contributed by atoms with van der Waals surface area (Å²) in [6.45, 7) is 22.2. The zero-order chi connectivity index (χ0) is 23.2. The number of rotatable bonds is 0. The van der Waals surface area contributed by atoms with Crippen molar-refractivity contribution < 1.29 is 21.7 Å². The van der Waals surface area contributed by atoms with E-state index in [-0.39, 0.29) is 21.7 Å². The van der Waals surface area contributed by atoms with Crippen LogP contribution in [0.4, 0.5) is 0 Å². The van der Waals surface area contributed by atoms with Gasteiger partial charge in [0, 0.05) is 0 Å². The second-order valence-electron chi connectivity index (χ2n) is 7.58. The van der Waals surface area contributed by atoms with E-state index in [0.29, 0.717) is 0 Å². The van der Waals surface area contributed by atoms with Gasteiger partial charge in [-0.15, -0.1) is 36.4 Å². The average Bonchev–Trinajstić information content (AvgIpc) is 2.94. The van der Waals surface area contributed by atoms with E-state index in [2.05, 4.69) is 55.4 Å². The summed E-state index contributed by atoms with van der Waals surface area (Å²) in [4.78, 5) is 0. The molecule has 0 spiro atoms. The molecule has 0 saturated heterocycles. The summed E-state index contributed by atoms with van der Waals surface area (Å²) in [5.74, 6) is 0. The van der Waals surface area contributed by atoms with Gasteiger partial charge >= 0.3 is 21.7 Å². The van der Waals surface area contributed by atoms with Gasteiger partial charge in [-0.1, -0.05) is 52.8 Å². The second-order valence-corrected chi connectivity index (χ2v) is 7.58. The van der Waals surface area contributed by atoms with Gasteiger partial charge in [0.2, 0.25) is 0 Å². The SMILES string of the molecule is Cc1c(C)c(C)[c-](C)c1C.[CH2-]c1ccccc1.[CH2-]c1ccccc1.[CH2-]c1ccccc1.[Ti+4]. The van der Waals surface area contributed by atoms with Gasteiger partial charge < -0.3 is 0 Å². The van der Waals surface area contributed by atoms with Gasteiger partial charge in [-0.2, -0.15) is 102 Å². The van der Waals surface area contributed by atoms with Crippen molar-refractivity contribution in [3.8, 4) is 0 Å². The summed E-state index contributed by atoms with van der Waals surface area (Å²) in [5.41, 5.74) is 10.6. The van der Waals surface area contributed by atoms with Crippen molar-refractivity contribution in [1.82, 2.24) is 0 Å². The van der Waals surface area contributed by atoms with E-state index in [0.717, 1.165) is 16.7 Å². The first kappa shape index (κ1) is 29.3. The number of hydrogen-bond acceptors (Lipinski definition) is 0. The first-order valence-corrected chi connectivity index (χ1v) is 10.5. The Kier molecular flexibility index (Phi) is 14.7. The molecule has 0 aliphatic carbocycles. The van der Waals surface area contributed by atoms with Crippen molar-refractivity contribution in [2.75, 3.05) is 0 Å². The van der Waals surface area contributed by atoms with Crippen molar-refractivity contribution in [2.45, 2.75) is 34.6 Å². The Hall–Kier alpha value is -2.67. The Morgan fingerprint density at radius 3 is 0.781 bits per heavy atom. The van der Waals surface area contributed by atoms with E-state index >= 15 is 0 Å². The van der Waals surface area contributed by atoms with Crippen molar-refractivity contribution >= 4 is 0 Å². The van der Waals surface area contributed by atoms with Gasteiger partial charge in [-0.25, -0.2) is 0 Å². The minimum atomic E-state index is 0. The molecule has 32 heavy (non-hydrogen) atoms. The minimum Gasteiger partial charge on any atom is -0.199 e. The molecule has 0 nitrogen and oxygen atoms in total. The van der Waals surface area contributed by atoms with Crippen molar-refractivity contribution in [3.63, 3.8) is 0 Å². The van der Waals surface area contributed by atoms with E-state index in [1.165, 1.54) is 27.8 Å². The van der Waals surface area contributed by atoms with Gasteiger partial charge in [0.25, 0.3) is 0 Å². The van der Waals surface area contributed by atoms with Crippen LogP contribution in [0.15, 0.2) is 91.0 Å². The molecule has 0 aromatic heterocycles. The molecule has 0 amide bonds. The third-order valence-corrected chi connectivity index (χ3v) is 5.34. The molecule has 4 aromatic rings.